The Labute approximate surface area is 227 Å². The van der Waals surface area contributed by atoms with Crippen molar-refractivity contribution < 1.29 is 13.5 Å². The lowest BCUT2D eigenvalue weighted by Crippen LogP contribution is -2.53. The molecular weight excluding hydrogens is 502 g/mol. The number of anilines is 1. The molecule has 1 aromatic heterocycles. The van der Waals surface area contributed by atoms with Crippen molar-refractivity contribution in [1.29, 1.82) is 0 Å². The second kappa shape index (κ2) is 12.1. The van der Waals surface area contributed by atoms with Gasteiger partial charge in [-0.2, -0.15) is 0 Å². The normalized spacial score (nSPS) is 22.2. The molecule has 0 bridgehead atoms. The molecule has 3 aromatic rings. The third kappa shape index (κ3) is 6.55. The fourth-order valence-electron chi connectivity index (χ4n) is 5.28. The van der Waals surface area contributed by atoms with E-state index in [2.05, 4.69) is 27.4 Å². The number of alkyl halides is 1. The summed E-state index contributed by atoms with van der Waals surface area (Å²) in [5.41, 5.74) is 1.70. The first kappa shape index (κ1) is 27.1. The van der Waals surface area contributed by atoms with Crippen LogP contribution in [0.3, 0.4) is 0 Å². The average Bonchev–Trinajstić information content (AvgIpc) is 2.94. The van der Waals surface area contributed by atoms with Crippen LogP contribution in [0.15, 0.2) is 52.5 Å². The molecule has 2 aromatic carbocycles. The maximum Gasteiger partial charge on any atom is 0.261 e. The summed E-state index contributed by atoms with van der Waals surface area (Å²) in [4.78, 5) is 24.9. The lowest BCUT2D eigenvalue weighted by molar-refractivity contribution is 0.235. The van der Waals surface area contributed by atoms with E-state index >= 15 is 0 Å². The van der Waals surface area contributed by atoms with E-state index in [9.17, 15) is 13.6 Å². The summed E-state index contributed by atoms with van der Waals surface area (Å²) in [7, 11) is 1.49. The average molecular weight is 539 g/mol. The monoisotopic (exact) mass is 538 g/mol. The van der Waals surface area contributed by atoms with E-state index in [1.54, 1.807) is 18.2 Å². The Hall–Kier alpha value is -3.53. The van der Waals surface area contributed by atoms with E-state index in [-0.39, 0.29) is 17.4 Å². The van der Waals surface area contributed by atoms with Gasteiger partial charge < -0.3 is 20.3 Å². The van der Waals surface area contributed by atoms with E-state index < -0.39 is 6.17 Å². The van der Waals surface area contributed by atoms with Crippen LogP contribution in [0, 0.1) is 5.82 Å². The molecule has 5 rings (SSSR count). The van der Waals surface area contributed by atoms with Crippen LogP contribution in [-0.2, 0) is 13.0 Å². The fraction of sp³-hybridized carbons (Fsp3) is 0.483. The molecule has 0 amide bonds. The van der Waals surface area contributed by atoms with Gasteiger partial charge >= 0.3 is 0 Å². The Balaban J connectivity index is 1.34. The van der Waals surface area contributed by atoms with Gasteiger partial charge in [-0.05, 0) is 68.9 Å². The maximum absolute atomic E-state index is 14.3. The lowest BCUT2D eigenvalue weighted by atomic mass is 9.94. The minimum Gasteiger partial charge on any atom is -0.497 e. The number of rotatable bonds is 6. The summed E-state index contributed by atoms with van der Waals surface area (Å²) < 4.78 is 34.6. The summed E-state index contributed by atoms with van der Waals surface area (Å²) in [5, 5.41) is 7.42. The molecule has 2 fully saturated rings. The van der Waals surface area contributed by atoms with Crippen LogP contribution in [0.5, 0.6) is 5.75 Å². The zero-order chi connectivity index (χ0) is 27.4. The van der Waals surface area contributed by atoms with Gasteiger partial charge in [0.05, 0.1) is 30.4 Å². The number of aromatic nitrogens is 2. The molecule has 1 aliphatic carbocycles. The van der Waals surface area contributed by atoms with Gasteiger partial charge in [-0.15, -0.1) is 0 Å². The number of hydrogen-bond acceptors (Lipinski definition) is 5. The molecule has 1 atom stereocenters. The van der Waals surface area contributed by atoms with Gasteiger partial charge in [0, 0.05) is 44.0 Å². The van der Waals surface area contributed by atoms with Gasteiger partial charge in [0.15, 0.2) is 5.96 Å². The van der Waals surface area contributed by atoms with E-state index in [1.165, 1.54) is 24.1 Å². The van der Waals surface area contributed by atoms with Crippen LogP contribution in [-0.4, -0.2) is 65.4 Å². The number of piperazine rings is 1. The molecule has 2 N–H and O–H groups in total. The highest BCUT2D eigenvalue weighted by atomic mass is 19.1. The SMILES string of the molecule is COc1ccc(CCn2cnc3cc(NC(=NC4CCC(F)CC4)N4CCNC(C)C4)ccc3c2=O)c(F)c1. The van der Waals surface area contributed by atoms with Gasteiger partial charge in [-0.25, -0.2) is 18.8 Å². The van der Waals surface area contributed by atoms with Crippen LogP contribution in [0.2, 0.25) is 0 Å². The van der Waals surface area contributed by atoms with E-state index in [0.29, 0.717) is 54.1 Å². The first-order valence-corrected chi connectivity index (χ1v) is 13.7. The molecule has 1 saturated heterocycles. The van der Waals surface area contributed by atoms with Crippen molar-refractivity contribution in [2.75, 3.05) is 32.1 Å². The number of halogens is 2. The van der Waals surface area contributed by atoms with E-state index in [0.717, 1.165) is 44.1 Å². The minimum absolute atomic E-state index is 0.0889. The number of fused-ring (bicyclic) bond motifs is 1. The van der Waals surface area contributed by atoms with Crippen molar-refractivity contribution in [3.63, 3.8) is 0 Å². The van der Waals surface area contributed by atoms with Crippen molar-refractivity contribution >= 4 is 22.5 Å². The van der Waals surface area contributed by atoms with Crippen molar-refractivity contribution in [1.82, 2.24) is 19.8 Å². The van der Waals surface area contributed by atoms with E-state index in [4.69, 9.17) is 9.73 Å². The number of methoxy groups -OCH3 is 1. The van der Waals surface area contributed by atoms with Crippen LogP contribution in [0.4, 0.5) is 14.5 Å². The third-order valence-corrected chi connectivity index (χ3v) is 7.56. The minimum atomic E-state index is -0.724. The quantitative estimate of drug-likeness (QED) is 0.363. The molecule has 2 aliphatic rings. The van der Waals surface area contributed by atoms with Gasteiger partial charge in [0.25, 0.3) is 5.56 Å². The maximum atomic E-state index is 14.3. The number of benzene rings is 2. The predicted octanol–water partition coefficient (Wildman–Crippen LogP) is 4.13. The first-order chi connectivity index (χ1) is 18.9. The molecule has 2 heterocycles. The highest BCUT2D eigenvalue weighted by molar-refractivity contribution is 5.96. The topological polar surface area (TPSA) is 83.8 Å². The number of nitrogens with zero attached hydrogens (tertiary/aromatic N) is 4. The second-order valence-electron chi connectivity index (χ2n) is 10.5. The largest absolute Gasteiger partial charge is 0.497 e. The molecule has 0 radical (unpaired) electrons. The molecular formula is C29H36F2N6O2. The molecule has 39 heavy (non-hydrogen) atoms. The van der Waals surface area contributed by atoms with Gasteiger partial charge in [0.1, 0.15) is 17.7 Å². The lowest BCUT2D eigenvalue weighted by Gasteiger charge is -2.35. The van der Waals surface area contributed by atoms with Gasteiger partial charge in [-0.3, -0.25) is 9.36 Å². The van der Waals surface area contributed by atoms with Crippen LogP contribution in [0.1, 0.15) is 38.2 Å². The van der Waals surface area contributed by atoms with E-state index in [1.807, 2.05) is 12.1 Å². The highest BCUT2D eigenvalue weighted by Gasteiger charge is 2.24. The predicted molar refractivity (Wildman–Crippen MR) is 150 cm³/mol. The molecule has 208 valence electrons. The standard InChI is InChI=1S/C29H36F2N6O2/c1-19-17-36(14-12-32-19)29(34-22-6-4-21(30)5-7-22)35-23-8-10-25-27(15-23)33-18-37(28(25)38)13-11-20-3-9-24(39-2)16-26(20)31/h3,8-10,15-16,18-19,21-22,32H,4-7,11-14,17H2,1-2H3,(H,34,35). The highest BCUT2D eigenvalue weighted by Crippen LogP contribution is 2.24. The summed E-state index contributed by atoms with van der Waals surface area (Å²) in [6, 6.07) is 10.6. The summed E-state index contributed by atoms with van der Waals surface area (Å²) in [6.45, 7) is 4.95. The Morgan fingerprint density at radius 3 is 2.77 bits per heavy atom. The Bertz CT molecular complexity index is 1390. The fourth-order valence-corrected chi connectivity index (χ4v) is 5.28. The number of ether oxygens (including phenoxy) is 1. The van der Waals surface area contributed by atoms with Crippen molar-refractivity contribution in [2.24, 2.45) is 4.99 Å². The van der Waals surface area contributed by atoms with Crippen LogP contribution in [0.25, 0.3) is 10.9 Å². The first-order valence-electron chi connectivity index (χ1n) is 13.7. The van der Waals surface area contributed by atoms with Crippen LogP contribution < -0.4 is 20.9 Å². The summed E-state index contributed by atoms with van der Waals surface area (Å²) >= 11 is 0. The van der Waals surface area contributed by atoms with Crippen molar-refractivity contribution in [2.45, 2.75) is 63.8 Å². The second-order valence-corrected chi connectivity index (χ2v) is 10.5. The molecule has 1 saturated carbocycles. The third-order valence-electron chi connectivity index (χ3n) is 7.56. The number of hydrogen-bond donors (Lipinski definition) is 2. The number of guanidine groups is 1. The summed E-state index contributed by atoms with van der Waals surface area (Å²) in [6.07, 6.45) is 3.74. The molecule has 10 heteroatoms. The molecule has 1 aliphatic heterocycles. The number of nitrogens with one attached hydrogen (secondary N) is 2. The zero-order valence-electron chi connectivity index (χ0n) is 22.5. The summed E-state index contributed by atoms with van der Waals surface area (Å²) in [5.74, 6) is 0.873. The number of aliphatic imine (C=N–C) groups is 1. The molecule has 8 nitrogen and oxygen atoms in total. The Kier molecular flexibility index (Phi) is 8.40. The Morgan fingerprint density at radius 2 is 2.03 bits per heavy atom. The molecule has 0 spiro atoms. The van der Waals surface area contributed by atoms with Crippen molar-refractivity contribution in [3.05, 3.63) is 64.5 Å². The van der Waals surface area contributed by atoms with Gasteiger partial charge in [0.2, 0.25) is 0 Å². The smallest absolute Gasteiger partial charge is 0.261 e. The van der Waals surface area contributed by atoms with Crippen molar-refractivity contribution in [3.8, 4) is 5.75 Å². The number of aryl methyl sites for hydroxylation is 2. The zero-order valence-corrected chi connectivity index (χ0v) is 22.5. The van der Waals surface area contributed by atoms with Crippen LogP contribution >= 0.6 is 0 Å². The molecule has 1 unspecified atom stereocenters. The Morgan fingerprint density at radius 1 is 1.21 bits per heavy atom. The van der Waals surface area contributed by atoms with Gasteiger partial charge in [-0.1, -0.05) is 6.07 Å².